The van der Waals surface area contributed by atoms with Crippen LogP contribution >= 0.6 is 0 Å². The van der Waals surface area contributed by atoms with Crippen LogP contribution in [0.4, 0.5) is 0 Å². The maximum absolute atomic E-state index is 4.80. The van der Waals surface area contributed by atoms with Gasteiger partial charge in [-0.1, -0.05) is 44.5 Å². The maximum atomic E-state index is 4.80. The van der Waals surface area contributed by atoms with Gasteiger partial charge < -0.3 is 0 Å². The summed E-state index contributed by atoms with van der Waals surface area (Å²) in [4.78, 5) is 9.36. The predicted octanol–water partition coefficient (Wildman–Crippen LogP) is 5.68. The molecule has 0 aliphatic rings. The quantitative estimate of drug-likeness (QED) is 0.619. The Morgan fingerprint density at radius 2 is 1.65 bits per heavy atom. The van der Waals surface area contributed by atoms with Gasteiger partial charge >= 0.3 is 0 Å². The van der Waals surface area contributed by atoms with Crippen LogP contribution in [0, 0.1) is 6.92 Å². The van der Waals surface area contributed by atoms with Gasteiger partial charge in [0.15, 0.2) is 0 Å². The maximum Gasteiger partial charge on any atom is 0.0894 e. The number of aromatic nitrogens is 2. The van der Waals surface area contributed by atoms with Gasteiger partial charge in [-0.05, 0) is 55.0 Å². The normalized spacial score (nSPS) is 11.8. The predicted molar refractivity (Wildman–Crippen MR) is 97.6 cm³/mol. The summed E-state index contributed by atoms with van der Waals surface area (Å²) in [6.07, 6.45) is 4.15. The summed E-state index contributed by atoms with van der Waals surface area (Å²) >= 11 is 0. The summed E-state index contributed by atoms with van der Waals surface area (Å²) in [5.41, 5.74) is 6.88. The number of benzene rings is 2. The van der Waals surface area contributed by atoms with Crippen molar-refractivity contribution in [2.75, 3.05) is 0 Å². The summed E-state index contributed by atoms with van der Waals surface area (Å²) in [5, 5.41) is 0. The number of aryl methyl sites for hydroxylation is 1. The van der Waals surface area contributed by atoms with E-state index in [2.05, 4.69) is 50.9 Å². The summed E-state index contributed by atoms with van der Waals surface area (Å²) in [6.45, 7) is 9.04. The second-order valence-corrected chi connectivity index (χ2v) is 6.60. The molecule has 0 aliphatic carbocycles. The average molecular weight is 304 g/mol. The van der Waals surface area contributed by atoms with E-state index < -0.39 is 0 Å². The molecule has 0 saturated carbocycles. The minimum absolute atomic E-state index is 0.213. The van der Waals surface area contributed by atoms with Crippen molar-refractivity contribution < 1.29 is 0 Å². The largest absolute Gasteiger partial charge is 0.252 e. The second kappa shape index (κ2) is 6.11. The van der Waals surface area contributed by atoms with E-state index in [1.54, 1.807) is 0 Å². The molecule has 0 fully saturated rings. The zero-order chi connectivity index (χ0) is 16.4. The van der Waals surface area contributed by atoms with Crippen LogP contribution in [0.5, 0.6) is 0 Å². The first-order valence-corrected chi connectivity index (χ1v) is 8.40. The summed E-state index contributed by atoms with van der Waals surface area (Å²) in [7, 11) is 0. The number of rotatable bonds is 4. The Kier molecular flexibility index (Phi) is 4.16. The zero-order valence-electron chi connectivity index (χ0n) is 14.4. The van der Waals surface area contributed by atoms with Crippen molar-refractivity contribution in [3.63, 3.8) is 0 Å². The Hall–Kier alpha value is -2.22. The Labute approximate surface area is 138 Å². The molecule has 0 N–H and O–H groups in total. The van der Waals surface area contributed by atoms with E-state index in [1.807, 2.05) is 30.5 Å². The molecule has 0 atom stereocenters. The molecule has 0 saturated heterocycles. The van der Waals surface area contributed by atoms with Gasteiger partial charge in [-0.25, -0.2) is 4.98 Å². The molecule has 0 radical (unpaired) electrons. The number of fused-ring (bicyclic) bond motifs is 1. The lowest BCUT2D eigenvalue weighted by Gasteiger charge is -2.28. The SMILES string of the molecule is CCC(C)(CC)c1cc(C)cc(-c2cnc3ccccc3n2)c1. The van der Waals surface area contributed by atoms with Gasteiger partial charge in [-0.2, -0.15) is 0 Å². The summed E-state index contributed by atoms with van der Waals surface area (Å²) < 4.78 is 0. The van der Waals surface area contributed by atoms with Crippen LogP contribution in [0.1, 0.15) is 44.7 Å². The Balaban J connectivity index is 2.13. The molecular weight excluding hydrogens is 280 g/mol. The van der Waals surface area contributed by atoms with Crippen molar-refractivity contribution >= 4 is 11.0 Å². The van der Waals surface area contributed by atoms with Gasteiger partial charge in [-0.3, -0.25) is 4.98 Å². The van der Waals surface area contributed by atoms with E-state index in [1.165, 1.54) is 11.1 Å². The van der Waals surface area contributed by atoms with E-state index in [0.717, 1.165) is 35.1 Å². The summed E-state index contributed by atoms with van der Waals surface area (Å²) in [6, 6.07) is 14.8. The van der Waals surface area contributed by atoms with E-state index in [4.69, 9.17) is 4.98 Å². The fourth-order valence-corrected chi connectivity index (χ4v) is 3.03. The Morgan fingerprint density at radius 1 is 0.957 bits per heavy atom. The van der Waals surface area contributed by atoms with Crippen molar-refractivity contribution in [2.45, 2.75) is 46.0 Å². The lowest BCUT2D eigenvalue weighted by molar-refractivity contribution is 0.439. The molecule has 2 heteroatoms. The molecule has 0 aliphatic heterocycles. The molecule has 1 heterocycles. The lowest BCUT2D eigenvalue weighted by Crippen LogP contribution is -2.19. The minimum atomic E-state index is 0.213. The van der Waals surface area contributed by atoms with Crippen molar-refractivity contribution in [2.24, 2.45) is 0 Å². The fourth-order valence-electron chi connectivity index (χ4n) is 3.03. The third-order valence-electron chi connectivity index (χ3n) is 5.08. The molecule has 1 aromatic heterocycles. The third-order valence-corrected chi connectivity index (χ3v) is 5.08. The van der Waals surface area contributed by atoms with Crippen molar-refractivity contribution in [3.05, 3.63) is 59.8 Å². The highest BCUT2D eigenvalue weighted by Gasteiger charge is 2.23. The number of hydrogen-bond donors (Lipinski definition) is 0. The van der Waals surface area contributed by atoms with Gasteiger partial charge in [-0.15, -0.1) is 0 Å². The first kappa shape index (κ1) is 15.7. The van der Waals surface area contributed by atoms with Gasteiger partial charge in [0, 0.05) is 5.56 Å². The van der Waals surface area contributed by atoms with Crippen LogP contribution in [0.3, 0.4) is 0 Å². The Morgan fingerprint density at radius 3 is 2.35 bits per heavy atom. The highest BCUT2D eigenvalue weighted by molar-refractivity contribution is 5.77. The number of hydrogen-bond acceptors (Lipinski definition) is 2. The van der Waals surface area contributed by atoms with Gasteiger partial charge in [0.05, 0.1) is 22.9 Å². The molecule has 0 spiro atoms. The minimum Gasteiger partial charge on any atom is -0.252 e. The van der Waals surface area contributed by atoms with Crippen molar-refractivity contribution in [1.29, 1.82) is 0 Å². The molecular formula is C21H24N2. The van der Waals surface area contributed by atoms with E-state index in [-0.39, 0.29) is 5.41 Å². The highest BCUT2D eigenvalue weighted by Crippen LogP contribution is 2.34. The number of nitrogens with zero attached hydrogens (tertiary/aromatic N) is 2. The Bertz CT molecular complexity index is 832. The number of para-hydroxylation sites is 2. The van der Waals surface area contributed by atoms with Crippen molar-refractivity contribution in [3.8, 4) is 11.3 Å². The van der Waals surface area contributed by atoms with Crippen LogP contribution < -0.4 is 0 Å². The monoisotopic (exact) mass is 304 g/mol. The molecule has 0 amide bonds. The molecule has 0 unspecified atom stereocenters. The fraction of sp³-hybridized carbons (Fsp3) is 0.333. The zero-order valence-corrected chi connectivity index (χ0v) is 14.4. The van der Waals surface area contributed by atoms with Gasteiger partial charge in [0.2, 0.25) is 0 Å². The topological polar surface area (TPSA) is 25.8 Å². The molecule has 0 bridgehead atoms. The molecule has 3 aromatic rings. The highest BCUT2D eigenvalue weighted by atomic mass is 14.8. The summed E-state index contributed by atoms with van der Waals surface area (Å²) in [5.74, 6) is 0. The van der Waals surface area contributed by atoms with Gasteiger partial charge in [0.25, 0.3) is 0 Å². The van der Waals surface area contributed by atoms with Crippen LogP contribution in [-0.2, 0) is 5.41 Å². The molecule has 118 valence electrons. The van der Waals surface area contributed by atoms with E-state index in [0.29, 0.717) is 0 Å². The molecule has 3 rings (SSSR count). The van der Waals surface area contributed by atoms with Crippen LogP contribution in [0.15, 0.2) is 48.7 Å². The molecule has 23 heavy (non-hydrogen) atoms. The average Bonchev–Trinajstić information content (AvgIpc) is 2.60. The third kappa shape index (κ3) is 2.98. The van der Waals surface area contributed by atoms with Crippen LogP contribution in [-0.4, -0.2) is 9.97 Å². The van der Waals surface area contributed by atoms with E-state index >= 15 is 0 Å². The van der Waals surface area contributed by atoms with Crippen LogP contribution in [0.2, 0.25) is 0 Å². The van der Waals surface area contributed by atoms with Gasteiger partial charge in [0.1, 0.15) is 0 Å². The molecule has 2 aromatic carbocycles. The first-order chi connectivity index (χ1) is 11.1. The van der Waals surface area contributed by atoms with Crippen LogP contribution in [0.25, 0.3) is 22.3 Å². The smallest absolute Gasteiger partial charge is 0.0894 e. The molecule has 2 nitrogen and oxygen atoms in total. The lowest BCUT2D eigenvalue weighted by atomic mass is 9.77. The second-order valence-electron chi connectivity index (χ2n) is 6.60. The van der Waals surface area contributed by atoms with E-state index in [9.17, 15) is 0 Å². The first-order valence-electron chi connectivity index (χ1n) is 8.40. The van der Waals surface area contributed by atoms with Crippen molar-refractivity contribution in [1.82, 2.24) is 9.97 Å². The standard InChI is InChI=1S/C21H24N2/c1-5-21(4,6-2)17-12-15(3)11-16(13-17)20-14-22-18-9-7-8-10-19(18)23-20/h7-14H,5-6H2,1-4H3.